The third-order valence-electron chi connectivity index (χ3n) is 3.88. The number of nitrogens with one attached hydrogen (secondary N) is 2. The van der Waals surface area contributed by atoms with Crippen LogP contribution in [0.1, 0.15) is 19.8 Å². The molecule has 2 amide bonds. The molecule has 0 aliphatic rings. The lowest BCUT2D eigenvalue weighted by atomic mass is 10.2. The Balaban J connectivity index is 1.53. The minimum atomic E-state index is -0.326. The number of unbranched alkanes of at least 4 members (excludes halogenated alkanes) is 1. The van der Waals surface area contributed by atoms with Gasteiger partial charge in [-0.05, 0) is 55.0 Å². The van der Waals surface area contributed by atoms with Gasteiger partial charge in [0.15, 0.2) is 0 Å². The smallest absolute Gasteiger partial charge is 0.323 e. The Morgan fingerprint density at radius 2 is 1.67 bits per heavy atom. The summed E-state index contributed by atoms with van der Waals surface area (Å²) in [6.07, 6.45) is 7.18. The van der Waals surface area contributed by atoms with Crippen molar-refractivity contribution in [2.24, 2.45) is 0 Å². The number of pyridine rings is 2. The molecule has 0 spiro atoms. The van der Waals surface area contributed by atoms with Crippen molar-refractivity contribution in [3.8, 4) is 17.0 Å². The van der Waals surface area contributed by atoms with Gasteiger partial charge in [0.05, 0.1) is 24.2 Å². The third-order valence-corrected chi connectivity index (χ3v) is 3.88. The molecule has 0 saturated carbocycles. The van der Waals surface area contributed by atoms with Gasteiger partial charge in [0.2, 0.25) is 0 Å². The number of amides is 2. The predicted octanol–water partition coefficient (Wildman–Crippen LogP) is 4.97. The number of hydrogen-bond donors (Lipinski definition) is 2. The van der Waals surface area contributed by atoms with Gasteiger partial charge >= 0.3 is 6.03 Å². The molecule has 2 aromatic heterocycles. The van der Waals surface area contributed by atoms with Gasteiger partial charge in [0, 0.05) is 23.6 Å². The molecule has 0 aliphatic carbocycles. The van der Waals surface area contributed by atoms with Crippen LogP contribution in [-0.4, -0.2) is 22.6 Å². The monoisotopic (exact) mass is 362 g/mol. The Morgan fingerprint density at radius 1 is 0.963 bits per heavy atom. The van der Waals surface area contributed by atoms with E-state index in [4.69, 9.17) is 4.74 Å². The van der Waals surface area contributed by atoms with E-state index >= 15 is 0 Å². The molecule has 0 radical (unpaired) electrons. The van der Waals surface area contributed by atoms with Gasteiger partial charge in [0.1, 0.15) is 5.75 Å². The van der Waals surface area contributed by atoms with Crippen LogP contribution in [0.15, 0.2) is 67.1 Å². The number of carbonyl (C=O) groups is 1. The first-order valence-electron chi connectivity index (χ1n) is 8.92. The van der Waals surface area contributed by atoms with Crippen molar-refractivity contribution >= 4 is 17.4 Å². The standard InChI is InChI=1S/C21H22N4O2/c1-2-3-14-27-19-7-4-17(5-8-19)24-21(26)25-18-6-9-20(23-15-18)16-10-12-22-13-11-16/h4-13,15H,2-3,14H2,1H3,(H2,24,25,26). The number of rotatable bonds is 7. The van der Waals surface area contributed by atoms with Gasteiger partial charge in [0.25, 0.3) is 0 Å². The Labute approximate surface area is 158 Å². The molecule has 2 heterocycles. The van der Waals surface area contributed by atoms with E-state index in [0.717, 1.165) is 29.8 Å². The zero-order chi connectivity index (χ0) is 18.9. The van der Waals surface area contributed by atoms with Gasteiger partial charge in [-0.25, -0.2) is 4.79 Å². The second-order valence-corrected chi connectivity index (χ2v) is 5.97. The number of nitrogens with zero attached hydrogens (tertiary/aromatic N) is 2. The van der Waals surface area contributed by atoms with Crippen molar-refractivity contribution < 1.29 is 9.53 Å². The molecule has 0 fully saturated rings. The van der Waals surface area contributed by atoms with Crippen molar-refractivity contribution in [2.75, 3.05) is 17.2 Å². The zero-order valence-corrected chi connectivity index (χ0v) is 15.2. The summed E-state index contributed by atoms with van der Waals surface area (Å²) in [5, 5.41) is 5.56. The molecule has 138 valence electrons. The van der Waals surface area contributed by atoms with Crippen LogP contribution >= 0.6 is 0 Å². The number of anilines is 2. The Bertz CT molecular complexity index is 850. The highest BCUT2D eigenvalue weighted by Crippen LogP contribution is 2.18. The van der Waals surface area contributed by atoms with E-state index in [0.29, 0.717) is 18.0 Å². The number of aromatic nitrogens is 2. The molecule has 6 heteroatoms. The maximum Gasteiger partial charge on any atom is 0.323 e. The normalized spacial score (nSPS) is 10.3. The molecular weight excluding hydrogens is 340 g/mol. The number of hydrogen-bond acceptors (Lipinski definition) is 4. The maximum atomic E-state index is 12.1. The van der Waals surface area contributed by atoms with Crippen LogP contribution in [0.25, 0.3) is 11.3 Å². The molecule has 0 bridgehead atoms. The van der Waals surface area contributed by atoms with Crippen molar-refractivity contribution in [3.63, 3.8) is 0 Å². The van der Waals surface area contributed by atoms with E-state index in [9.17, 15) is 4.79 Å². The first-order chi connectivity index (χ1) is 13.2. The van der Waals surface area contributed by atoms with Crippen LogP contribution in [0, 0.1) is 0 Å². The lowest BCUT2D eigenvalue weighted by molar-refractivity contribution is 0.262. The first-order valence-corrected chi connectivity index (χ1v) is 8.92. The highest BCUT2D eigenvalue weighted by Gasteiger charge is 2.05. The number of ether oxygens (including phenoxy) is 1. The van der Waals surface area contributed by atoms with Crippen molar-refractivity contribution in [3.05, 3.63) is 67.1 Å². The lowest BCUT2D eigenvalue weighted by Crippen LogP contribution is -2.19. The average Bonchev–Trinajstić information content (AvgIpc) is 2.71. The topological polar surface area (TPSA) is 76.1 Å². The van der Waals surface area contributed by atoms with Crippen molar-refractivity contribution in [1.82, 2.24) is 9.97 Å². The van der Waals surface area contributed by atoms with Gasteiger partial charge in [-0.15, -0.1) is 0 Å². The zero-order valence-electron chi connectivity index (χ0n) is 15.2. The van der Waals surface area contributed by atoms with Gasteiger partial charge < -0.3 is 15.4 Å². The van der Waals surface area contributed by atoms with E-state index in [1.807, 2.05) is 48.5 Å². The molecule has 27 heavy (non-hydrogen) atoms. The van der Waals surface area contributed by atoms with Crippen LogP contribution in [-0.2, 0) is 0 Å². The Morgan fingerprint density at radius 3 is 2.33 bits per heavy atom. The molecular formula is C21H22N4O2. The summed E-state index contributed by atoms with van der Waals surface area (Å²) < 4.78 is 5.61. The van der Waals surface area contributed by atoms with Crippen LogP contribution in [0.5, 0.6) is 5.75 Å². The molecule has 3 aromatic rings. The van der Waals surface area contributed by atoms with Crippen molar-refractivity contribution in [2.45, 2.75) is 19.8 Å². The lowest BCUT2D eigenvalue weighted by Gasteiger charge is -2.09. The molecule has 6 nitrogen and oxygen atoms in total. The largest absolute Gasteiger partial charge is 0.494 e. The van der Waals surface area contributed by atoms with Gasteiger partial charge in [-0.1, -0.05) is 13.3 Å². The highest BCUT2D eigenvalue weighted by atomic mass is 16.5. The van der Waals surface area contributed by atoms with Crippen molar-refractivity contribution in [1.29, 1.82) is 0 Å². The summed E-state index contributed by atoms with van der Waals surface area (Å²) in [5.74, 6) is 0.797. The van der Waals surface area contributed by atoms with E-state index < -0.39 is 0 Å². The Hall–Kier alpha value is -3.41. The molecule has 0 atom stereocenters. The molecule has 2 N–H and O–H groups in total. The van der Waals surface area contributed by atoms with E-state index in [1.165, 1.54) is 0 Å². The number of urea groups is 1. The van der Waals surface area contributed by atoms with Crippen LogP contribution < -0.4 is 15.4 Å². The van der Waals surface area contributed by atoms with Gasteiger partial charge in [-0.3, -0.25) is 9.97 Å². The first kappa shape index (κ1) is 18.4. The molecule has 3 rings (SSSR count). The third kappa shape index (κ3) is 5.54. The Kier molecular flexibility index (Phi) is 6.35. The summed E-state index contributed by atoms with van der Waals surface area (Å²) >= 11 is 0. The molecule has 0 aliphatic heterocycles. The fraction of sp³-hybridized carbons (Fsp3) is 0.190. The second kappa shape index (κ2) is 9.33. The average molecular weight is 362 g/mol. The minimum Gasteiger partial charge on any atom is -0.494 e. The maximum absolute atomic E-state index is 12.1. The SMILES string of the molecule is CCCCOc1ccc(NC(=O)Nc2ccc(-c3ccncc3)nc2)cc1. The summed E-state index contributed by atoms with van der Waals surface area (Å²) in [4.78, 5) is 20.5. The second-order valence-electron chi connectivity index (χ2n) is 5.97. The molecule has 0 unspecified atom stereocenters. The summed E-state index contributed by atoms with van der Waals surface area (Å²) in [7, 11) is 0. The highest BCUT2D eigenvalue weighted by molar-refractivity contribution is 5.99. The van der Waals surface area contributed by atoms with E-state index in [1.54, 1.807) is 18.6 Å². The fourth-order valence-corrected chi connectivity index (χ4v) is 2.42. The molecule has 0 saturated heterocycles. The van der Waals surface area contributed by atoms with Crippen LogP contribution in [0.4, 0.5) is 16.2 Å². The van der Waals surface area contributed by atoms with Crippen LogP contribution in [0.3, 0.4) is 0 Å². The summed E-state index contributed by atoms with van der Waals surface area (Å²) in [6, 6.07) is 14.4. The predicted molar refractivity (Wildman–Crippen MR) is 107 cm³/mol. The van der Waals surface area contributed by atoms with Gasteiger partial charge in [-0.2, -0.15) is 0 Å². The number of carbonyl (C=O) groups excluding carboxylic acids is 1. The van der Waals surface area contributed by atoms with E-state index in [-0.39, 0.29) is 6.03 Å². The van der Waals surface area contributed by atoms with Crippen LogP contribution in [0.2, 0.25) is 0 Å². The minimum absolute atomic E-state index is 0.326. The number of benzene rings is 1. The van der Waals surface area contributed by atoms with E-state index in [2.05, 4.69) is 27.5 Å². The quantitative estimate of drug-likeness (QED) is 0.582. The summed E-state index contributed by atoms with van der Waals surface area (Å²) in [5.41, 5.74) is 3.10. The summed E-state index contributed by atoms with van der Waals surface area (Å²) in [6.45, 7) is 2.82. The molecule has 1 aromatic carbocycles. The fourth-order valence-electron chi connectivity index (χ4n) is 2.42.